The van der Waals surface area contributed by atoms with Crippen molar-refractivity contribution in [2.24, 2.45) is 4.99 Å². The summed E-state index contributed by atoms with van der Waals surface area (Å²) in [6.45, 7) is 3.69. The molecule has 1 aromatic heterocycles. The highest BCUT2D eigenvalue weighted by molar-refractivity contribution is 7.07. The van der Waals surface area contributed by atoms with Crippen LogP contribution in [0, 0.1) is 0 Å². The summed E-state index contributed by atoms with van der Waals surface area (Å²) in [5, 5.41) is 1.90. The highest BCUT2D eigenvalue weighted by Gasteiger charge is 2.35. The van der Waals surface area contributed by atoms with E-state index in [1.54, 1.807) is 50.8 Å². The number of rotatable bonds is 7. The highest BCUT2D eigenvalue weighted by atomic mass is 32.1. The van der Waals surface area contributed by atoms with Gasteiger partial charge in [-0.05, 0) is 49.1 Å². The molecule has 1 atom stereocenters. The first kappa shape index (κ1) is 26.2. The van der Waals surface area contributed by atoms with Gasteiger partial charge >= 0.3 is 5.97 Å². The quantitative estimate of drug-likeness (QED) is 0.327. The third kappa shape index (κ3) is 4.59. The maximum absolute atomic E-state index is 14.0. The normalized spacial score (nSPS) is 15.1. The molecule has 0 aliphatic carbocycles. The lowest BCUT2D eigenvalue weighted by Crippen LogP contribution is -2.40. The fourth-order valence-electron chi connectivity index (χ4n) is 4.87. The molecule has 1 aliphatic rings. The minimum atomic E-state index is -0.795. The molecule has 3 aromatic carbocycles. The number of benzene rings is 3. The summed E-state index contributed by atoms with van der Waals surface area (Å²) in [5.74, 6) is 1.29. The maximum atomic E-state index is 14.0. The van der Waals surface area contributed by atoms with Crippen LogP contribution in [-0.2, 0) is 9.53 Å². The molecule has 0 radical (unpaired) electrons. The van der Waals surface area contributed by atoms with E-state index in [-0.39, 0.29) is 17.7 Å². The van der Waals surface area contributed by atoms with Crippen LogP contribution in [0.5, 0.6) is 17.2 Å². The lowest BCUT2D eigenvalue weighted by atomic mass is 9.95. The van der Waals surface area contributed by atoms with Gasteiger partial charge in [0.25, 0.3) is 5.56 Å². The van der Waals surface area contributed by atoms with Crippen LogP contribution in [0.4, 0.5) is 0 Å². The monoisotopic (exact) mass is 544 g/mol. The molecule has 0 fully saturated rings. The molecule has 4 aromatic rings. The lowest BCUT2D eigenvalue weighted by molar-refractivity contribution is -0.139. The number of aromatic nitrogens is 1. The number of fused-ring (bicyclic) bond motifs is 2. The van der Waals surface area contributed by atoms with Crippen LogP contribution in [0.2, 0.25) is 0 Å². The molecule has 0 amide bonds. The van der Waals surface area contributed by atoms with Crippen LogP contribution in [0.25, 0.3) is 16.8 Å². The second kappa shape index (κ2) is 10.8. The predicted octanol–water partition coefficient (Wildman–Crippen LogP) is 3.98. The van der Waals surface area contributed by atoms with Crippen molar-refractivity contribution in [3.63, 3.8) is 0 Å². The summed E-state index contributed by atoms with van der Waals surface area (Å²) in [5.41, 5.74) is 2.00. The first-order valence-electron chi connectivity index (χ1n) is 12.4. The van der Waals surface area contributed by atoms with Crippen molar-refractivity contribution in [1.29, 1.82) is 0 Å². The molecule has 0 saturated carbocycles. The zero-order valence-electron chi connectivity index (χ0n) is 22.3. The van der Waals surface area contributed by atoms with Crippen LogP contribution in [0.15, 0.2) is 75.7 Å². The predicted molar refractivity (Wildman–Crippen MR) is 150 cm³/mol. The summed E-state index contributed by atoms with van der Waals surface area (Å²) >= 11 is 1.27. The van der Waals surface area contributed by atoms with Gasteiger partial charge in [0, 0.05) is 17.0 Å². The van der Waals surface area contributed by atoms with Gasteiger partial charge in [-0.1, -0.05) is 41.7 Å². The van der Waals surface area contributed by atoms with Gasteiger partial charge in [-0.3, -0.25) is 9.36 Å². The number of esters is 1. The molecule has 8 nitrogen and oxygen atoms in total. The molecule has 1 aliphatic heterocycles. The zero-order valence-corrected chi connectivity index (χ0v) is 23.1. The van der Waals surface area contributed by atoms with Crippen molar-refractivity contribution in [2.45, 2.75) is 19.9 Å². The van der Waals surface area contributed by atoms with Crippen molar-refractivity contribution in [2.75, 3.05) is 27.9 Å². The molecule has 0 saturated heterocycles. The van der Waals surface area contributed by atoms with Crippen molar-refractivity contribution in [1.82, 2.24) is 4.57 Å². The van der Waals surface area contributed by atoms with Crippen LogP contribution < -0.4 is 29.1 Å². The topological polar surface area (TPSA) is 88.4 Å². The summed E-state index contributed by atoms with van der Waals surface area (Å²) in [6.07, 6.45) is 1.86. The van der Waals surface area contributed by atoms with Crippen molar-refractivity contribution in [3.05, 3.63) is 96.7 Å². The Kier molecular flexibility index (Phi) is 7.26. The number of allylic oxidation sites excluding steroid dienone is 1. The second-order valence-corrected chi connectivity index (χ2v) is 9.82. The van der Waals surface area contributed by atoms with E-state index in [0.717, 1.165) is 22.1 Å². The molecule has 0 spiro atoms. The summed E-state index contributed by atoms with van der Waals surface area (Å²) in [4.78, 5) is 32.4. The number of ether oxygens (including phenoxy) is 4. The SMILES string of the molecule is CCOC(=O)C1=C(C)N=c2sc(=Cc3ccc(OC)c4ccccc34)c(=O)n2C1c1ccc(OC)cc1OC. The number of hydrogen-bond donors (Lipinski definition) is 0. The van der Waals surface area contributed by atoms with E-state index in [1.165, 1.54) is 18.4 Å². The van der Waals surface area contributed by atoms with Gasteiger partial charge in [-0.15, -0.1) is 0 Å². The number of carbonyl (C=O) groups is 1. The van der Waals surface area contributed by atoms with E-state index >= 15 is 0 Å². The Labute approximate surface area is 229 Å². The van der Waals surface area contributed by atoms with E-state index in [0.29, 0.717) is 32.1 Å². The minimum Gasteiger partial charge on any atom is -0.497 e. The van der Waals surface area contributed by atoms with Gasteiger partial charge in [0.1, 0.15) is 23.3 Å². The standard InChI is InChI=1S/C30H28N2O6S/c1-6-38-29(34)26-17(2)31-30-32(27(26)22-13-12-19(35-3)16-24(22)37-5)28(33)25(39-30)15-18-11-14-23(36-4)21-10-8-7-9-20(18)21/h7-16,27H,6H2,1-5H3. The molecule has 1 unspecified atom stereocenters. The summed E-state index contributed by atoms with van der Waals surface area (Å²) in [7, 11) is 4.74. The molecule has 0 N–H and O–H groups in total. The molecule has 200 valence electrons. The Morgan fingerprint density at radius 3 is 2.44 bits per heavy atom. The van der Waals surface area contributed by atoms with Gasteiger partial charge in [-0.25, -0.2) is 9.79 Å². The van der Waals surface area contributed by atoms with Crippen LogP contribution in [0.3, 0.4) is 0 Å². The van der Waals surface area contributed by atoms with Crippen LogP contribution in [0.1, 0.15) is 31.0 Å². The van der Waals surface area contributed by atoms with Crippen LogP contribution in [-0.4, -0.2) is 38.5 Å². The van der Waals surface area contributed by atoms with E-state index < -0.39 is 12.0 Å². The Morgan fingerprint density at radius 1 is 1.00 bits per heavy atom. The van der Waals surface area contributed by atoms with Gasteiger partial charge in [-0.2, -0.15) is 0 Å². The molecule has 2 heterocycles. The Hall–Kier alpha value is -4.37. The van der Waals surface area contributed by atoms with Crippen molar-refractivity contribution >= 4 is 34.2 Å². The minimum absolute atomic E-state index is 0.192. The first-order chi connectivity index (χ1) is 18.9. The van der Waals surface area contributed by atoms with Crippen molar-refractivity contribution < 1.29 is 23.7 Å². The summed E-state index contributed by atoms with van der Waals surface area (Å²) in [6, 6.07) is 16.2. The Balaban J connectivity index is 1.77. The van der Waals surface area contributed by atoms with Gasteiger partial charge in [0.15, 0.2) is 4.80 Å². The van der Waals surface area contributed by atoms with Gasteiger partial charge in [0.2, 0.25) is 0 Å². The van der Waals surface area contributed by atoms with Crippen molar-refractivity contribution in [3.8, 4) is 17.2 Å². The largest absolute Gasteiger partial charge is 0.497 e. The molecule has 39 heavy (non-hydrogen) atoms. The smallest absolute Gasteiger partial charge is 0.338 e. The van der Waals surface area contributed by atoms with Crippen LogP contribution >= 0.6 is 11.3 Å². The Bertz CT molecular complexity index is 1800. The average molecular weight is 545 g/mol. The lowest BCUT2D eigenvalue weighted by Gasteiger charge is -2.26. The second-order valence-electron chi connectivity index (χ2n) is 8.81. The van der Waals surface area contributed by atoms with E-state index in [9.17, 15) is 9.59 Å². The number of carbonyl (C=O) groups excluding carboxylic acids is 1. The summed E-state index contributed by atoms with van der Waals surface area (Å²) < 4.78 is 24.0. The van der Waals surface area contributed by atoms with E-state index in [4.69, 9.17) is 18.9 Å². The number of thiazole rings is 1. The molecular formula is C30H28N2O6S. The molecule has 9 heteroatoms. The third-order valence-corrected chi connectivity index (χ3v) is 7.66. The van der Waals surface area contributed by atoms with E-state index in [2.05, 4.69) is 4.99 Å². The average Bonchev–Trinajstić information content (AvgIpc) is 3.26. The number of methoxy groups -OCH3 is 3. The molecule has 5 rings (SSSR count). The molecular weight excluding hydrogens is 516 g/mol. The highest BCUT2D eigenvalue weighted by Crippen LogP contribution is 2.37. The third-order valence-electron chi connectivity index (χ3n) is 6.68. The number of nitrogens with zero attached hydrogens (tertiary/aromatic N) is 2. The van der Waals surface area contributed by atoms with Gasteiger partial charge in [0.05, 0.1) is 43.7 Å². The number of hydrogen-bond acceptors (Lipinski definition) is 8. The molecule has 0 bridgehead atoms. The maximum Gasteiger partial charge on any atom is 0.338 e. The zero-order chi connectivity index (χ0) is 27.7. The Morgan fingerprint density at radius 2 is 1.74 bits per heavy atom. The fourth-order valence-corrected chi connectivity index (χ4v) is 5.91. The van der Waals surface area contributed by atoms with E-state index in [1.807, 2.05) is 42.5 Å². The fraction of sp³-hybridized carbons (Fsp3) is 0.233. The first-order valence-corrected chi connectivity index (χ1v) is 13.2. The van der Waals surface area contributed by atoms with Gasteiger partial charge < -0.3 is 18.9 Å².